The van der Waals surface area contributed by atoms with E-state index >= 15 is 0 Å². The summed E-state index contributed by atoms with van der Waals surface area (Å²) in [6, 6.07) is 7.76. The molecule has 0 spiro atoms. The van der Waals surface area contributed by atoms with Gasteiger partial charge in [0.1, 0.15) is 0 Å². The Bertz CT molecular complexity index is 832. The molecule has 1 atom stereocenters. The van der Waals surface area contributed by atoms with Crippen molar-refractivity contribution in [2.24, 2.45) is 10.5 Å². The predicted molar refractivity (Wildman–Crippen MR) is 109 cm³/mol. The second-order valence-electron chi connectivity index (χ2n) is 6.84. The zero-order chi connectivity index (χ0) is 20.7. The number of benzene rings is 1. The van der Waals surface area contributed by atoms with Gasteiger partial charge in [0.05, 0.1) is 36.1 Å². The number of rotatable bonds is 8. The van der Waals surface area contributed by atoms with E-state index in [4.69, 9.17) is 9.47 Å². The first-order valence-corrected chi connectivity index (χ1v) is 9.28. The smallest absolute Gasteiger partial charge is 0.271 e. The number of nitrogens with one attached hydrogen (secondary N) is 1. The third-order valence-corrected chi connectivity index (χ3v) is 5.10. The molecule has 2 rings (SSSR count). The lowest BCUT2D eigenvalue weighted by atomic mass is 9.92. The van der Waals surface area contributed by atoms with E-state index in [0.29, 0.717) is 22.6 Å². The van der Waals surface area contributed by atoms with Gasteiger partial charge in [-0.1, -0.05) is 38.6 Å². The molecule has 0 fully saturated rings. The molecule has 1 heterocycles. The maximum Gasteiger partial charge on any atom is 0.271 e. The molecular formula is C18H23N5O4S. The number of methoxy groups -OCH3 is 2. The van der Waals surface area contributed by atoms with E-state index in [0.717, 1.165) is 0 Å². The van der Waals surface area contributed by atoms with Crippen molar-refractivity contribution in [1.82, 2.24) is 9.97 Å². The number of thioether (sulfide) groups is 1. The lowest BCUT2D eigenvalue weighted by molar-refractivity contribution is -0.384. The Kier molecular flexibility index (Phi) is 7.16. The molecule has 150 valence electrons. The molecule has 2 aromatic rings. The van der Waals surface area contributed by atoms with Gasteiger partial charge in [-0.15, -0.1) is 0 Å². The van der Waals surface area contributed by atoms with Crippen LogP contribution >= 0.6 is 11.8 Å². The molecule has 0 aliphatic carbocycles. The van der Waals surface area contributed by atoms with Crippen LogP contribution in [0.2, 0.25) is 0 Å². The van der Waals surface area contributed by atoms with E-state index in [1.54, 1.807) is 24.4 Å². The lowest BCUT2D eigenvalue weighted by Crippen LogP contribution is -2.25. The van der Waals surface area contributed by atoms with Crippen LogP contribution in [0.3, 0.4) is 0 Å². The zero-order valence-electron chi connectivity index (χ0n) is 16.4. The van der Waals surface area contributed by atoms with Gasteiger partial charge in [-0.3, -0.25) is 15.5 Å². The molecule has 0 aliphatic heterocycles. The quantitative estimate of drug-likeness (QED) is 0.230. The number of nitro benzene ring substituents is 1. The first kappa shape index (κ1) is 21.4. The van der Waals surface area contributed by atoms with Crippen LogP contribution < -0.4 is 14.9 Å². The number of non-ortho nitro benzene ring substituents is 1. The van der Waals surface area contributed by atoms with Gasteiger partial charge in [-0.2, -0.15) is 15.1 Å². The summed E-state index contributed by atoms with van der Waals surface area (Å²) in [6.45, 7) is 6.21. The first-order chi connectivity index (χ1) is 13.2. The summed E-state index contributed by atoms with van der Waals surface area (Å²) in [6.07, 6.45) is 1.73. The Balaban J connectivity index is 2.17. The van der Waals surface area contributed by atoms with E-state index in [1.807, 2.05) is 0 Å². The highest BCUT2D eigenvalue weighted by atomic mass is 32.2. The van der Waals surface area contributed by atoms with Crippen molar-refractivity contribution in [2.45, 2.75) is 31.2 Å². The van der Waals surface area contributed by atoms with Gasteiger partial charge >= 0.3 is 0 Å². The second kappa shape index (κ2) is 9.36. The largest absolute Gasteiger partial charge is 0.481 e. The Morgan fingerprint density at radius 3 is 2.39 bits per heavy atom. The van der Waals surface area contributed by atoms with E-state index in [2.05, 4.69) is 41.3 Å². The molecule has 0 saturated carbocycles. The van der Waals surface area contributed by atoms with E-state index in [-0.39, 0.29) is 16.4 Å². The van der Waals surface area contributed by atoms with Crippen LogP contribution in [-0.4, -0.2) is 40.6 Å². The van der Waals surface area contributed by atoms with Crippen molar-refractivity contribution in [3.05, 3.63) is 40.4 Å². The lowest BCUT2D eigenvalue weighted by Gasteiger charge is -2.26. The number of aromatic nitrogens is 2. The van der Waals surface area contributed by atoms with Crippen molar-refractivity contribution in [2.75, 3.05) is 19.6 Å². The molecule has 1 N–H and O–H groups in total. The van der Waals surface area contributed by atoms with Crippen LogP contribution in [-0.2, 0) is 0 Å². The fourth-order valence-electron chi connectivity index (χ4n) is 2.06. The molecule has 0 radical (unpaired) electrons. The summed E-state index contributed by atoms with van der Waals surface area (Å²) in [5.74, 6) is 0.822. The average molecular weight is 405 g/mol. The molecular weight excluding hydrogens is 382 g/mol. The van der Waals surface area contributed by atoms with Crippen molar-refractivity contribution in [3.63, 3.8) is 0 Å². The van der Waals surface area contributed by atoms with Crippen LogP contribution in [0.5, 0.6) is 11.8 Å². The van der Waals surface area contributed by atoms with Gasteiger partial charge in [-0.05, 0) is 11.5 Å². The molecule has 9 nitrogen and oxygen atoms in total. The summed E-state index contributed by atoms with van der Waals surface area (Å²) in [5.41, 5.74) is 3.21. The van der Waals surface area contributed by atoms with Crippen LogP contribution in [0.4, 0.5) is 11.4 Å². The number of hydrogen-bond acceptors (Lipinski definition) is 9. The summed E-state index contributed by atoms with van der Waals surface area (Å²) < 4.78 is 10.4. The number of hydrogen-bond donors (Lipinski definition) is 1. The summed E-state index contributed by atoms with van der Waals surface area (Å²) >= 11 is 1.42. The molecule has 0 aliphatic rings. The van der Waals surface area contributed by atoms with Gasteiger partial charge in [-0.25, -0.2) is 0 Å². The van der Waals surface area contributed by atoms with Crippen molar-refractivity contribution in [1.29, 1.82) is 0 Å². The van der Waals surface area contributed by atoms with E-state index < -0.39 is 4.92 Å². The fraction of sp³-hybridized carbons (Fsp3) is 0.389. The third-order valence-electron chi connectivity index (χ3n) is 3.62. The summed E-state index contributed by atoms with van der Waals surface area (Å²) in [4.78, 5) is 19.1. The molecule has 0 amide bonds. The summed E-state index contributed by atoms with van der Waals surface area (Å²) in [7, 11) is 3.06. The number of anilines is 1. The standard InChI is InChI=1S/C18H23N5O4S/c1-18(2,3)14(28-17-20-15(26-4)10-16(21-17)27-5)11-19-22-12-7-6-8-13(9-12)23(24)25/h6-11,14,22H,1-5H3/b19-11+. The molecule has 28 heavy (non-hydrogen) atoms. The highest BCUT2D eigenvalue weighted by Crippen LogP contribution is 2.34. The van der Waals surface area contributed by atoms with Crippen LogP contribution in [0, 0.1) is 15.5 Å². The van der Waals surface area contributed by atoms with Gasteiger partial charge in [0.2, 0.25) is 11.8 Å². The van der Waals surface area contributed by atoms with E-state index in [1.165, 1.54) is 38.1 Å². The Morgan fingerprint density at radius 1 is 1.21 bits per heavy atom. The Labute approximate surface area is 167 Å². The van der Waals surface area contributed by atoms with Crippen molar-refractivity contribution < 1.29 is 14.4 Å². The Hall–Kier alpha value is -2.88. The maximum absolute atomic E-state index is 10.9. The predicted octanol–water partition coefficient (Wildman–Crippen LogP) is 4.01. The van der Waals surface area contributed by atoms with Crippen molar-refractivity contribution >= 4 is 29.4 Å². The molecule has 0 bridgehead atoms. The number of ether oxygens (including phenoxy) is 2. The third kappa shape index (κ3) is 6.08. The monoisotopic (exact) mass is 405 g/mol. The second-order valence-corrected chi connectivity index (χ2v) is 7.95. The van der Waals surface area contributed by atoms with Gasteiger partial charge in [0, 0.05) is 18.3 Å². The minimum absolute atomic E-state index is 0.00109. The van der Waals surface area contributed by atoms with Gasteiger partial charge < -0.3 is 9.47 Å². The normalized spacial score (nSPS) is 12.6. The van der Waals surface area contributed by atoms with Crippen molar-refractivity contribution in [3.8, 4) is 11.8 Å². The number of nitro groups is 1. The van der Waals surface area contributed by atoms with Crippen LogP contribution in [0.1, 0.15) is 20.8 Å². The van der Waals surface area contributed by atoms with Crippen LogP contribution in [0.15, 0.2) is 40.6 Å². The molecule has 10 heteroatoms. The number of hydrazone groups is 1. The minimum atomic E-state index is -0.448. The first-order valence-electron chi connectivity index (χ1n) is 8.40. The Morgan fingerprint density at radius 2 is 1.86 bits per heavy atom. The molecule has 1 unspecified atom stereocenters. The highest BCUT2D eigenvalue weighted by Gasteiger charge is 2.26. The summed E-state index contributed by atoms with van der Waals surface area (Å²) in [5, 5.41) is 15.5. The van der Waals surface area contributed by atoms with Gasteiger partial charge in [0.25, 0.3) is 5.69 Å². The highest BCUT2D eigenvalue weighted by molar-refractivity contribution is 8.00. The maximum atomic E-state index is 10.9. The molecule has 0 saturated heterocycles. The molecule has 1 aromatic heterocycles. The zero-order valence-corrected chi connectivity index (χ0v) is 17.2. The fourth-order valence-corrected chi connectivity index (χ4v) is 3.05. The van der Waals surface area contributed by atoms with Crippen LogP contribution in [0.25, 0.3) is 0 Å². The van der Waals surface area contributed by atoms with Gasteiger partial charge in [0.15, 0.2) is 5.16 Å². The minimum Gasteiger partial charge on any atom is -0.481 e. The SMILES string of the molecule is COc1cc(OC)nc(SC(/C=N/Nc2cccc([N+](=O)[O-])c2)C(C)(C)C)n1. The molecule has 1 aromatic carbocycles. The average Bonchev–Trinajstić information content (AvgIpc) is 2.66. The van der Waals surface area contributed by atoms with E-state index in [9.17, 15) is 10.1 Å². The topological polar surface area (TPSA) is 112 Å². The number of nitrogens with zero attached hydrogens (tertiary/aromatic N) is 4.